The van der Waals surface area contributed by atoms with Gasteiger partial charge in [-0.2, -0.15) is 0 Å². The second-order valence-corrected chi connectivity index (χ2v) is 5.58. The predicted molar refractivity (Wildman–Crippen MR) is 97.4 cm³/mol. The van der Waals surface area contributed by atoms with Gasteiger partial charge >= 0.3 is 5.97 Å². The molecule has 0 aromatic heterocycles. The predicted octanol–water partition coefficient (Wildman–Crippen LogP) is 5.19. The van der Waals surface area contributed by atoms with Crippen LogP contribution in [0.5, 0.6) is 0 Å². The highest BCUT2D eigenvalue weighted by Crippen LogP contribution is 2.04. The van der Waals surface area contributed by atoms with Crippen molar-refractivity contribution in [3.8, 4) is 0 Å². The maximum absolute atomic E-state index is 10.3. The van der Waals surface area contributed by atoms with Crippen LogP contribution in [-0.4, -0.2) is 22.3 Å². The molecule has 0 aliphatic carbocycles. The number of carboxylic acids is 1. The third-order valence-corrected chi connectivity index (χ3v) is 3.32. The monoisotopic (exact) mass is 320 g/mol. The lowest BCUT2D eigenvalue weighted by Crippen LogP contribution is -2.00. The Labute approximate surface area is 141 Å². The highest BCUT2D eigenvalue weighted by atomic mass is 16.4. The van der Waals surface area contributed by atoms with Crippen molar-refractivity contribution in [3.05, 3.63) is 48.6 Å². The topological polar surface area (TPSA) is 57.5 Å². The van der Waals surface area contributed by atoms with E-state index < -0.39 is 5.97 Å². The van der Waals surface area contributed by atoms with Crippen LogP contribution in [0.3, 0.4) is 0 Å². The number of hydrogen-bond donors (Lipinski definition) is 2. The molecule has 0 aromatic rings. The normalized spacial score (nSPS) is 13.8. The Kier molecular flexibility index (Phi) is 15.6. The number of carbonyl (C=O) groups is 1. The molecule has 0 fully saturated rings. The Hall–Kier alpha value is -1.61. The molecule has 3 nitrogen and oxygen atoms in total. The van der Waals surface area contributed by atoms with Crippen molar-refractivity contribution < 1.29 is 15.0 Å². The molecule has 0 radical (unpaired) electrons. The van der Waals surface area contributed by atoms with E-state index in [0.29, 0.717) is 6.42 Å². The molecular weight excluding hydrogens is 288 g/mol. The van der Waals surface area contributed by atoms with Gasteiger partial charge in [0.05, 0.1) is 6.10 Å². The maximum atomic E-state index is 10.3. The number of allylic oxidation sites excluding steroid dienone is 7. The Morgan fingerprint density at radius 2 is 1.65 bits per heavy atom. The van der Waals surface area contributed by atoms with Crippen molar-refractivity contribution >= 4 is 5.97 Å². The quantitative estimate of drug-likeness (QED) is 0.263. The number of carboxylic acid groups (broad SMARTS) is 1. The lowest BCUT2D eigenvalue weighted by molar-refractivity contribution is -0.137. The summed E-state index contributed by atoms with van der Waals surface area (Å²) in [7, 11) is 0. The standard InChI is InChI=1S/C20H32O3/c1-2-3-13-16-19(21)17-14-11-9-7-5-4-6-8-10-12-15-18-20(22)23/h4-5,8-11,14,17,19,21H,2-3,6-7,12-13,15-16,18H2,1H3,(H,22,23)/b5-4+,10-8-,11-9-,17-14+/t19-/m1/s1. The Balaban J connectivity index is 3.57. The van der Waals surface area contributed by atoms with Gasteiger partial charge in [-0.1, -0.05) is 74.8 Å². The summed E-state index contributed by atoms with van der Waals surface area (Å²) in [6, 6.07) is 0. The fourth-order valence-corrected chi connectivity index (χ4v) is 1.98. The van der Waals surface area contributed by atoms with Crippen molar-refractivity contribution in [3.63, 3.8) is 0 Å². The first-order chi connectivity index (χ1) is 11.2. The highest BCUT2D eigenvalue weighted by Gasteiger charge is 1.96. The minimum atomic E-state index is -0.729. The number of aliphatic hydroxyl groups excluding tert-OH is 1. The summed E-state index contributed by atoms with van der Waals surface area (Å²) in [6.07, 6.45) is 23.6. The van der Waals surface area contributed by atoms with Crippen LogP contribution in [0.4, 0.5) is 0 Å². The summed E-state index contributed by atoms with van der Waals surface area (Å²) in [5.74, 6) is -0.729. The third kappa shape index (κ3) is 18.3. The maximum Gasteiger partial charge on any atom is 0.303 e. The van der Waals surface area contributed by atoms with Gasteiger partial charge in [0, 0.05) is 6.42 Å². The Morgan fingerprint density at radius 3 is 2.35 bits per heavy atom. The highest BCUT2D eigenvalue weighted by molar-refractivity contribution is 5.66. The average molecular weight is 320 g/mol. The van der Waals surface area contributed by atoms with Crippen LogP contribution in [0, 0.1) is 0 Å². The van der Waals surface area contributed by atoms with E-state index in [2.05, 4.69) is 31.2 Å². The van der Waals surface area contributed by atoms with E-state index in [4.69, 9.17) is 5.11 Å². The molecule has 0 rings (SSSR count). The molecule has 1 atom stereocenters. The van der Waals surface area contributed by atoms with Crippen LogP contribution in [0.2, 0.25) is 0 Å². The number of hydrogen-bond acceptors (Lipinski definition) is 2. The summed E-state index contributed by atoms with van der Waals surface area (Å²) < 4.78 is 0. The molecule has 0 bridgehead atoms. The number of rotatable bonds is 14. The van der Waals surface area contributed by atoms with Gasteiger partial charge in [-0.05, 0) is 32.1 Å². The lowest BCUT2D eigenvalue weighted by Gasteiger charge is -2.02. The number of unbranched alkanes of at least 4 members (excludes halogenated alkanes) is 3. The first-order valence-corrected chi connectivity index (χ1v) is 8.70. The number of aliphatic carboxylic acids is 1. The molecule has 0 aliphatic rings. The van der Waals surface area contributed by atoms with Gasteiger partial charge in [0.15, 0.2) is 0 Å². The van der Waals surface area contributed by atoms with Gasteiger partial charge in [-0.3, -0.25) is 4.79 Å². The molecule has 3 heteroatoms. The van der Waals surface area contributed by atoms with Gasteiger partial charge < -0.3 is 10.2 Å². The third-order valence-electron chi connectivity index (χ3n) is 3.32. The first-order valence-electron chi connectivity index (χ1n) is 8.70. The van der Waals surface area contributed by atoms with Gasteiger partial charge in [0.2, 0.25) is 0 Å². The molecule has 0 aliphatic heterocycles. The summed E-state index contributed by atoms with van der Waals surface area (Å²) in [5, 5.41) is 18.2. The van der Waals surface area contributed by atoms with Crippen LogP contribution in [-0.2, 0) is 4.79 Å². The van der Waals surface area contributed by atoms with Crippen molar-refractivity contribution in [2.24, 2.45) is 0 Å². The summed E-state index contributed by atoms with van der Waals surface area (Å²) in [4.78, 5) is 10.3. The lowest BCUT2D eigenvalue weighted by atomic mass is 10.1. The second kappa shape index (κ2) is 16.8. The molecule has 130 valence electrons. The molecule has 0 unspecified atom stereocenters. The van der Waals surface area contributed by atoms with Crippen LogP contribution in [0.25, 0.3) is 0 Å². The van der Waals surface area contributed by atoms with E-state index >= 15 is 0 Å². The van der Waals surface area contributed by atoms with Crippen molar-refractivity contribution in [2.45, 2.75) is 70.8 Å². The Bertz CT molecular complexity index is 392. The van der Waals surface area contributed by atoms with Gasteiger partial charge in [0.1, 0.15) is 0 Å². The smallest absolute Gasteiger partial charge is 0.303 e. The molecule has 0 saturated heterocycles. The molecule has 0 amide bonds. The van der Waals surface area contributed by atoms with Crippen LogP contribution < -0.4 is 0 Å². The van der Waals surface area contributed by atoms with E-state index in [-0.39, 0.29) is 12.5 Å². The molecule has 2 N–H and O–H groups in total. The molecular formula is C20H32O3. The summed E-state index contributed by atoms with van der Waals surface area (Å²) in [6.45, 7) is 2.16. The van der Waals surface area contributed by atoms with E-state index in [1.807, 2.05) is 24.3 Å². The van der Waals surface area contributed by atoms with Gasteiger partial charge in [-0.25, -0.2) is 0 Å². The van der Waals surface area contributed by atoms with E-state index in [9.17, 15) is 9.90 Å². The minimum Gasteiger partial charge on any atom is -0.481 e. The first kappa shape index (κ1) is 21.4. The van der Waals surface area contributed by atoms with E-state index in [1.165, 1.54) is 12.8 Å². The van der Waals surface area contributed by atoms with Crippen molar-refractivity contribution in [1.29, 1.82) is 0 Å². The van der Waals surface area contributed by atoms with Gasteiger partial charge in [0.25, 0.3) is 0 Å². The van der Waals surface area contributed by atoms with E-state index in [1.54, 1.807) is 0 Å². The van der Waals surface area contributed by atoms with Gasteiger partial charge in [-0.15, -0.1) is 0 Å². The zero-order chi connectivity index (χ0) is 17.2. The molecule has 0 saturated carbocycles. The van der Waals surface area contributed by atoms with E-state index in [0.717, 1.165) is 32.1 Å². The average Bonchev–Trinajstić information content (AvgIpc) is 2.51. The fraction of sp³-hybridized carbons (Fsp3) is 0.550. The van der Waals surface area contributed by atoms with Crippen LogP contribution >= 0.6 is 0 Å². The minimum absolute atomic E-state index is 0.242. The van der Waals surface area contributed by atoms with Crippen LogP contribution in [0.15, 0.2) is 48.6 Å². The summed E-state index contributed by atoms with van der Waals surface area (Å²) in [5.41, 5.74) is 0. The largest absolute Gasteiger partial charge is 0.481 e. The SMILES string of the molecule is CCCCC[C@@H](O)/C=C/C=C\C/C=C/C/C=C\CCCC(=O)O. The zero-order valence-corrected chi connectivity index (χ0v) is 14.4. The number of aliphatic hydroxyl groups is 1. The van der Waals surface area contributed by atoms with Crippen LogP contribution in [0.1, 0.15) is 64.7 Å². The van der Waals surface area contributed by atoms with Crippen molar-refractivity contribution in [1.82, 2.24) is 0 Å². The molecule has 0 aromatic carbocycles. The zero-order valence-electron chi connectivity index (χ0n) is 14.4. The Morgan fingerprint density at radius 1 is 0.957 bits per heavy atom. The van der Waals surface area contributed by atoms with Crippen molar-refractivity contribution in [2.75, 3.05) is 0 Å². The fourth-order valence-electron chi connectivity index (χ4n) is 1.98. The molecule has 23 heavy (non-hydrogen) atoms. The molecule has 0 heterocycles. The summed E-state index contributed by atoms with van der Waals surface area (Å²) >= 11 is 0. The second-order valence-electron chi connectivity index (χ2n) is 5.58. The molecule has 0 spiro atoms.